The predicted octanol–water partition coefficient (Wildman–Crippen LogP) is 1.15. The number of nitrogens with zero attached hydrogens (tertiary/aromatic N) is 4. The molecule has 3 aliphatic heterocycles. The van der Waals surface area contributed by atoms with Crippen LogP contribution >= 0.6 is 0 Å². The van der Waals surface area contributed by atoms with E-state index in [0.29, 0.717) is 52.0 Å². The lowest BCUT2D eigenvalue weighted by molar-refractivity contribution is -0.140. The van der Waals surface area contributed by atoms with Crippen LogP contribution in [0, 0.1) is 0 Å². The third-order valence-corrected chi connectivity index (χ3v) is 6.09. The van der Waals surface area contributed by atoms with E-state index in [1.54, 1.807) is 0 Å². The van der Waals surface area contributed by atoms with E-state index < -0.39 is 11.6 Å². The number of rotatable bonds is 7. The lowest BCUT2D eigenvalue weighted by Gasteiger charge is -2.38. The maximum atomic E-state index is 10.9. The predicted molar refractivity (Wildman–Crippen MR) is 115 cm³/mol. The number of ether oxygens (including phenoxy) is 1. The van der Waals surface area contributed by atoms with Crippen LogP contribution in [0.2, 0.25) is 0 Å². The van der Waals surface area contributed by atoms with Crippen LogP contribution in [0.25, 0.3) is 0 Å². The van der Waals surface area contributed by atoms with Crippen molar-refractivity contribution in [2.45, 2.75) is 37.4 Å². The zero-order valence-corrected chi connectivity index (χ0v) is 17.7. The largest absolute Gasteiger partial charge is 0.480 e. The summed E-state index contributed by atoms with van der Waals surface area (Å²) in [5, 5.41) is 30.6. The van der Waals surface area contributed by atoms with Gasteiger partial charge in [0.05, 0.1) is 50.4 Å². The number of piperidine rings is 1. The molecule has 0 bridgehead atoms. The van der Waals surface area contributed by atoms with E-state index in [4.69, 9.17) is 14.7 Å². The lowest BCUT2D eigenvalue weighted by Crippen LogP contribution is -2.47. The minimum atomic E-state index is -0.832. The van der Waals surface area contributed by atoms with Gasteiger partial charge >= 0.3 is 5.97 Å². The Hall–Kier alpha value is -2.49. The molecule has 4 rings (SSSR count). The number of aliphatic hydroxyl groups is 1. The van der Waals surface area contributed by atoms with Crippen molar-refractivity contribution >= 4 is 17.9 Å². The molecule has 31 heavy (non-hydrogen) atoms. The zero-order chi connectivity index (χ0) is 21.7. The molecule has 1 aromatic carbocycles. The molecular weight excluding hydrogens is 400 g/mol. The van der Waals surface area contributed by atoms with Gasteiger partial charge in [-0.1, -0.05) is 29.4 Å². The Bertz CT molecular complexity index is 812. The van der Waals surface area contributed by atoms with E-state index in [1.807, 2.05) is 40.4 Å². The summed E-state index contributed by atoms with van der Waals surface area (Å²) < 4.78 is 5.33. The highest BCUT2D eigenvalue weighted by Crippen LogP contribution is 2.31. The summed E-state index contributed by atoms with van der Waals surface area (Å²) in [6.45, 7) is 4.24. The number of hydrogen-bond acceptors (Lipinski definition) is 8. The van der Waals surface area contributed by atoms with Crippen molar-refractivity contribution in [3.63, 3.8) is 0 Å². The summed E-state index contributed by atoms with van der Waals surface area (Å²) in [5.74, 6) is -0.832. The van der Waals surface area contributed by atoms with Gasteiger partial charge in [-0.25, -0.2) is 0 Å². The van der Waals surface area contributed by atoms with Crippen molar-refractivity contribution in [3.05, 3.63) is 35.4 Å². The maximum absolute atomic E-state index is 10.9. The molecule has 0 amide bonds. The highest BCUT2D eigenvalue weighted by atomic mass is 16.6. The van der Waals surface area contributed by atoms with E-state index in [-0.39, 0.29) is 12.6 Å². The number of morpholine rings is 1. The number of aliphatic carboxylic acids is 1. The molecule has 9 nitrogen and oxygen atoms in total. The van der Waals surface area contributed by atoms with E-state index in [2.05, 4.69) is 10.3 Å². The van der Waals surface area contributed by atoms with Gasteiger partial charge in [0.25, 0.3) is 0 Å². The first-order valence-corrected chi connectivity index (χ1v) is 10.9. The fourth-order valence-corrected chi connectivity index (χ4v) is 4.23. The number of oxime groups is 1. The minimum absolute atomic E-state index is 0.0242. The minimum Gasteiger partial charge on any atom is -0.480 e. The topological polar surface area (TPSA) is 107 Å². The van der Waals surface area contributed by atoms with Crippen molar-refractivity contribution in [1.82, 2.24) is 9.91 Å². The van der Waals surface area contributed by atoms with E-state index >= 15 is 0 Å². The Kier molecular flexibility index (Phi) is 6.84. The molecule has 1 atom stereocenters. The highest BCUT2D eigenvalue weighted by molar-refractivity contribution is 6.01. The van der Waals surface area contributed by atoms with E-state index in [9.17, 15) is 9.90 Å². The Balaban J connectivity index is 1.26. The Morgan fingerprint density at radius 3 is 2.58 bits per heavy atom. The van der Waals surface area contributed by atoms with Crippen LogP contribution < -0.4 is 0 Å². The summed E-state index contributed by atoms with van der Waals surface area (Å²) in [7, 11) is 0. The molecule has 2 saturated heterocycles. The molecule has 0 radical (unpaired) electrons. The number of carboxylic acid groups (broad SMARTS) is 1. The van der Waals surface area contributed by atoms with Crippen molar-refractivity contribution in [2.75, 3.05) is 45.9 Å². The smallest absolute Gasteiger partial charge is 0.317 e. The highest BCUT2D eigenvalue weighted by Gasteiger charge is 2.37. The molecular formula is C22H30N4O5. The van der Waals surface area contributed by atoms with Crippen molar-refractivity contribution in [2.24, 2.45) is 10.3 Å². The van der Waals surface area contributed by atoms with Crippen LogP contribution in [-0.4, -0.2) is 95.7 Å². The van der Waals surface area contributed by atoms with Gasteiger partial charge in [0.2, 0.25) is 0 Å². The van der Waals surface area contributed by atoms with Crippen LogP contribution in [-0.2, 0) is 14.4 Å². The molecule has 3 heterocycles. The second-order valence-corrected chi connectivity index (χ2v) is 8.50. The third kappa shape index (κ3) is 6.03. The lowest BCUT2D eigenvalue weighted by atomic mass is 9.84. The Morgan fingerprint density at radius 2 is 1.90 bits per heavy atom. The number of hydrazone groups is 1. The number of likely N-dealkylation sites (tertiary alicyclic amines) is 1. The monoisotopic (exact) mass is 430 g/mol. The van der Waals surface area contributed by atoms with Crippen LogP contribution in [0.5, 0.6) is 0 Å². The molecule has 0 aliphatic carbocycles. The quantitative estimate of drug-likeness (QED) is 0.625. The second-order valence-electron chi connectivity index (χ2n) is 8.50. The average Bonchev–Trinajstić information content (AvgIpc) is 3.23. The first-order chi connectivity index (χ1) is 15.0. The Morgan fingerprint density at radius 1 is 1.19 bits per heavy atom. The molecule has 1 aromatic rings. The van der Waals surface area contributed by atoms with E-state index in [0.717, 1.165) is 29.9 Å². The SMILES string of the molecule is O=C(O)CN1CCC(O)(CC2CC(c3ccc(C=NN4CCOCC4)cc3)=NO2)CC1. The molecule has 3 aliphatic rings. The van der Waals surface area contributed by atoms with Crippen LogP contribution in [0.4, 0.5) is 0 Å². The van der Waals surface area contributed by atoms with Gasteiger partial charge in [0.15, 0.2) is 0 Å². The second kappa shape index (κ2) is 9.76. The maximum Gasteiger partial charge on any atom is 0.317 e. The normalized spacial score (nSPS) is 24.2. The van der Waals surface area contributed by atoms with Gasteiger partial charge in [-0.15, -0.1) is 0 Å². The first-order valence-electron chi connectivity index (χ1n) is 10.9. The number of benzene rings is 1. The average molecular weight is 431 g/mol. The van der Waals surface area contributed by atoms with Crippen LogP contribution in [0.3, 0.4) is 0 Å². The fraction of sp³-hybridized carbons (Fsp3) is 0.591. The Labute approximate surface area is 181 Å². The zero-order valence-electron chi connectivity index (χ0n) is 17.7. The third-order valence-electron chi connectivity index (χ3n) is 6.09. The standard InChI is InChI=1S/C22H30N4O5/c27-21(28)16-25-7-5-22(29,6-8-25)14-19-13-20(24-31-19)18-3-1-17(2-4-18)15-23-26-9-11-30-12-10-26/h1-4,15,19,29H,5-14,16H2,(H,27,28). The molecule has 0 saturated carbocycles. The fourth-order valence-electron chi connectivity index (χ4n) is 4.23. The molecule has 1 unspecified atom stereocenters. The molecule has 168 valence electrons. The van der Waals surface area contributed by atoms with Gasteiger partial charge in [0.1, 0.15) is 6.10 Å². The molecule has 2 N–H and O–H groups in total. The summed E-state index contributed by atoms with van der Waals surface area (Å²) in [6.07, 6.45) is 3.96. The number of hydrogen-bond donors (Lipinski definition) is 2. The summed E-state index contributed by atoms with van der Waals surface area (Å²) in [6, 6.07) is 8.07. The molecule has 0 spiro atoms. The van der Waals surface area contributed by atoms with Gasteiger partial charge < -0.3 is 19.8 Å². The van der Waals surface area contributed by atoms with Gasteiger partial charge in [0, 0.05) is 25.9 Å². The first kappa shape index (κ1) is 21.7. The van der Waals surface area contributed by atoms with Gasteiger partial charge in [-0.05, 0) is 24.0 Å². The van der Waals surface area contributed by atoms with Crippen LogP contribution in [0.1, 0.15) is 36.8 Å². The summed E-state index contributed by atoms with van der Waals surface area (Å²) in [4.78, 5) is 18.3. The summed E-state index contributed by atoms with van der Waals surface area (Å²) in [5.41, 5.74) is 2.08. The van der Waals surface area contributed by atoms with Crippen molar-refractivity contribution < 1.29 is 24.6 Å². The van der Waals surface area contributed by atoms with Crippen LogP contribution in [0.15, 0.2) is 34.5 Å². The number of carboxylic acids is 1. The van der Waals surface area contributed by atoms with Gasteiger partial charge in [-0.2, -0.15) is 5.10 Å². The molecule has 2 fully saturated rings. The molecule has 9 heteroatoms. The van der Waals surface area contributed by atoms with Crippen molar-refractivity contribution in [1.29, 1.82) is 0 Å². The van der Waals surface area contributed by atoms with E-state index in [1.165, 1.54) is 0 Å². The molecule has 0 aromatic heterocycles. The summed E-state index contributed by atoms with van der Waals surface area (Å²) >= 11 is 0. The number of carbonyl (C=O) groups is 1. The van der Waals surface area contributed by atoms with Gasteiger partial charge in [-0.3, -0.25) is 14.7 Å². The van der Waals surface area contributed by atoms with Crippen molar-refractivity contribution in [3.8, 4) is 0 Å².